The van der Waals surface area contributed by atoms with Crippen molar-refractivity contribution >= 4 is 28.5 Å². The Morgan fingerprint density at radius 1 is 1.04 bits per heavy atom. The molecule has 0 bridgehead atoms. The number of nitrogens with one attached hydrogen (secondary N) is 1. The number of amides is 1. The lowest BCUT2D eigenvalue weighted by Crippen LogP contribution is -2.13. The van der Waals surface area contributed by atoms with Crippen LogP contribution in [0.15, 0.2) is 40.8 Å². The molecule has 0 fully saturated rings. The quantitative estimate of drug-likeness (QED) is 0.613. The molecule has 5 nitrogen and oxygen atoms in total. The summed E-state index contributed by atoms with van der Waals surface area (Å²) in [5.41, 5.74) is 4.93. The van der Waals surface area contributed by atoms with Gasteiger partial charge in [0, 0.05) is 30.0 Å². The average Bonchev–Trinajstić information content (AvgIpc) is 3.05. The second-order valence-electron chi connectivity index (χ2n) is 7.16. The van der Waals surface area contributed by atoms with Gasteiger partial charge < -0.3 is 9.73 Å². The molecule has 0 radical (unpaired) electrons. The van der Waals surface area contributed by atoms with Crippen LogP contribution in [0.5, 0.6) is 0 Å². The smallest absolute Gasteiger partial charge is 0.224 e. The number of aromatic nitrogens is 1. The third kappa shape index (κ3) is 4.42. The Hall–Kier alpha value is -2.95. The molecular formula is C22H24N2O3. The number of ketones is 1. The zero-order valence-corrected chi connectivity index (χ0v) is 16.1. The summed E-state index contributed by atoms with van der Waals surface area (Å²) in [6.45, 7) is 8.01. The van der Waals surface area contributed by atoms with Gasteiger partial charge in [0.05, 0.1) is 0 Å². The predicted octanol–water partition coefficient (Wildman–Crippen LogP) is 5.17. The number of hydrogen-bond donors (Lipinski definition) is 1. The molecule has 140 valence electrons. The van der Waals surface area contributed by atoms with Crippen molar-refractivity contribution < 1.29 is 14.0 Å². The maximum atomic E-state index is 12.3. The summed E-state index contributed by atoms with van der Waals surface area (Å²) in [4.78, 5) is 29.0. The van der Waals surface area contributed by atoms with Gasteiger partial charge in [-0.3, -0.25) is 9.59 Å². The van der Waals surface area contributed by atoms with Gasteiger partial charge in [0.1, 0.15) is 5.52 Å². The van der Waals surface area contributed by atoms with Crippen LogP contribution >= 0.6 is 0 Å². The number of aryl methyl sites for hydroxylation is 2. The lowest BCUT2D eigenvalue weighted by Gasteiger charge is -2.06. The summed E-state index contributed by atoms with van der Waals surface area (Å²) in [6.07, 6.45) is 0.317. The molecule has 0 saturated carbocycles. The first-order chi connectivity index (χ1) is 12.8. The van der Waals surface area contributed by atoms with Crippen molar-refractivity contribution in [3.63, 3.8) is 0 Å². The molecule has 2 aromatic carbocycles. The maximum Gasteiger partial charge on any atom is 0.224 e. The van der Waals surface area contributed by atoms with Crippen LogP contribution in [-0.2, 0) is 4.79 Å². The van der Waals surface area contributed by atoms with Gasteiger partial charge >= 0.3 is 0 Å². The molecule has 1 amide bonds. The first kappa shape index (κ1) is 18.8. The first-order valence-corrected chi connectivity index (χ1v) is 9.14. The average molecular weight is 364 g/mol. The van der Waals surface area contributed by atoms with Gasteiger partial charge in [-0.15, -0.1) is 0 Å². The highest BCUT2D eigenvalue weighted by atomic mass is 16.3. The van der Waals surface area contributed by atoms with E-state index in [1.165, 1.54) is 0 Å². The summed E-state index contributed by atoms with van der Waals surface area (Å²) in [7, 11) is 0. The van der Waals surface area contributed by atoms with E-state index >= 15 is 0 Å². The molecule has 0 aliphatic rings. The van der Waals surface area contributed by atoms with Crippen molar-refractivity contribution in [3.05, 3.63) is 59.0 Å². The topological polar surface area (TPSA) is 72.2 Å². The van der Waals surface area contributed by atoms with E-state index in [-0.39, 0.29) is 30.4 Å². The van der Waals surface area contributed by atoms with Crippen LogP contribution in [0.25, 0.3) is 11.1 Å². The van der Waals surface area contributed by atoms with Gasteiger partial charge in [-0.05, 0) is 49.2 Å². The van der Waals surface area contributed by atoms with E-state index in [1.54, 1.807) is 18.2 Å². The van der Waals surface area contributed by atoms with Crippen LogP contribution in [0.3, 0.4) is 0 Å². The lowest BCUT2D eigenvalue weighted by atomic mass is 10.0. The van der Waals surface area contributed by atoms with Crippen LogP contribution < -0.4 is 5.32 Å². The van der Waals surface area contributed by atoms with Gasteiger partial charge in [0.25, 0.3) is 0 Å². The Balaban J connectivity index is 1.61. The van der Waals surface area contributed by atoms with Crippen molar-refractivity contribution in [1.29, 1.82) is 0 Å². The van der Waals surface area contributed by atoms with Crippen molar-refractivity contribution in [3.8, 4) is 0 Å². The van der Waals surface area contributed by atoms with Gasteiger partial charge in [-0.1, -0.05) is 26.0 Å². The van der Waals surface area contributed by atoms with E-state index in [0.29, 0.717) is 28.2 Å². The number of fused-ring (bicyclic) bond motifs is 1. The zero-order valence-electron chi connectivity index (χ0n) is 16.1. The highest BCUT2D eigenvalue weighted by Gasteiger charge is 2.13. The molecule has 0 unspecified atom stereocenters. The standard InChI is InChI=1S/C22H24N2O3/c1-13(2)22-24-18-12-17(7-9-20(18)27-22)23-21(26)10-8-19(25)16-6-5-14(3)15(4)11-16/h5-7,9,11-13H,8,10H2,1-4H3,(H,23,26). The summed E-state index contributed by atoms with van der Waals surface area (Å²) in [5, 5.41) is 2.83. The highest BCUT2D eigenvalue weighted by Crippen LogP contribution is 2.24. The number of hydrogen-bond acceptors (Lipinski definition) is 4. The zero-order chi connectivity index (χ0) is 19.6. The molecule has 3 aromatic rings. The molecule has 0 aliphatic carbocycles. The molecule has 1 N–H and O–H groups in total. The van der Waals surface area contributed by atoms with Gasteiger partial charge in [0.15, 0.2) is 17.3 Å². The highest BCUT2D eigenvalue weighted by molar-refractivity contribution is 6.00. The van der Waals surface area contributed by atoms with Gasteiger partial charge in [0.2, 0.25) is 5.91 Å². The van der Waals surface area contributed by atoms with Crippen molar-refractivity contribution in [2.45, 2.75) is 46.5 Å². The molecule has 3 rings (SSSR count). The minimum atomic E-state index is -0.195. The normalized spacial score (nSPS) is 11.1. The van der Waals surface area contributed by atoms with Crippen molar-refractivity contribution in [2.75, 3.05) is 5.32 Å². The molecule has 0 spiro atoms. The van der Waals surface area contributed by atoms with E-state index in [9.17, 15) is 9.59 Å². The Labute approximate surface area is 158 Å². The lowest BCUT2D eigenvalue weighted by molar-refractivity contribution is -0.116. The van der Waals surface area contributed by atoms with E-state index in [2.05, 4.69) is 10.3 Å². The summed E-state index contributed by atoms with van der Waals surface area (Å²) < 4.78 is 5.67. The van der Waals surface area contributed by atoms with Crippen LogP contribution in [0.2, 0.25) is 0 Å². The minimum Gasteiger partial charge on any atom is -0.440 e. The van der Waals surface area contributed by atoms with E-state index < -0.39 is 0 Å². The van der Waals surface area contributed by atoms with Gasteiger partial charge in [-0.2, -0.15) is 0 Å². The Morgan fingerprint density at radius 3 is 2.52 bits per heavy atom. The second kappa shape index (κ2) is 7.74. The maximum absolute atomic E-state index is 12.3. The summed E-state index contributed by atoms with van der Waals surface area (Å²) in [5.74, 6) is 0.653. The fourth-order valence-corrected chi connectivity index (χ4v) is 2.78. The number of carbonyl (C=O) groups is 2. The SMILES string of the molecule is Cc1ccc(C(=O)CCC(=O)Nc2ccc3oc(C(C)C)nc3c2)cc1C. The van der Waals surface area contributed by atoms with Crippen LogP contribution in [-0.4, -0.2) is 16.7 Å². The number of benzene rings is 2. The second-order valence-corrected chi connectivity index (χ2v) is 7.16. The van der Waals surface area contributed by atoms with E-state index in [4.69, 9.17) is 4.42 Å². The molecule has 0 aliphatic heterocycles. The summed E-state index contributed by atoms with van der Waals surface area (Å²) in [6, 6.07) is 11.0. The number of carbonyl (C=O) groups excluding carboxylic acids is 2. The molecular weight excluding hydrogens is 340 g/mol. The summed E-state index contributed by atoms with van der Waals surface area (Å²) >= 11 is 0. The van der Waals surface area contributed by atoms with Gasteiger partial charge in [-0.25, -0.2) is 4.98 Å². The Kier molecular flexibility index (Phi) is 5.40. The monoisotopic (exact) mass is 364 g/mol. The van der Waals surface area contributed by atoms with E-state index in [1.807, 2.05) is 45.9 Å². The van der Waals surface area contributed by atoms with Crippen molar-refractivity contribution in [1.82, 2.24) is 4.98 Å². The molecule has 0 saturated heterocycles. The van der Waals surface area contributed by atoms with Crippen LogP contribution in [0.4, 0.5) is 5.69 Å². The molecule has 1 heterocycles. The van der Waals surface area contributed by atoms with Crippen LogP contribution in [0.1, 0.15) is 60.0 Å². The number of anilines is 1. The third-order valence-corrected chi connectivity index (χ3v) is 4.59. The minimum absolute atomic E-state index is 0.0261. The molecule has 5 heteroatoms. The largest absolute Gasteiger partial charge is 0.440 e. The molecule has 27 heavy (non-hydrogen) atoms. The fourth-order valence-electron chi connectivity index (χ4n) is 2.78. The Morgan fingerprint density at radius 2 is 1.81 bits per heavy atom. The predicted molar refractivity (Wildman–Crippen MR) is 106 cm³/mol. The Bertz CT molecular complexity index is 1000. The third-order valence-electron chi connectivity index (χ3n) is 4.59. The number of Topliss-reactive ketones (excluding diaryl/α,β-unsaturated/α-hetero) is 1. The number of nitrogens with zero attached hydrogens (tertiary/aromatic N) is 1. The first-order valence-electron chi connectivity index (χ1n) is 9.14. The van der Waals surface area contributed by atoms with E-state index in [0.717, 1.165) is 11.1 Å². The number of oxazole rings is 1. The van der Waals surface area contributed by atoms with Crippen LogP contribution in [0, 0.1) is 13.8 Å². The fraction of sp³-hybridized carbons (Fsp3) is 0.318. The number of rotatable bonds is 6. The van der Waals surface area contributed by atoms with Crippen molar-refractivity contribution in [2.24, 2.45) is 0 Å². The molecule has 1 aromatic heterocycles. The molecule has 0 atom stereocenters.